The second-order valence-corrected chi connectivity index (χ2v) is 9.17. The van der Waals surface area contributed by atoms with E-state index in [2.05, 4.69) is 31.7 Å². The number of benzene rings is 2. The standard InChI is InChI=1S/C26H25ClN6O2/c1-2-23-24(14-35)32(12-16-3-6-20-22(9-16)29-15-30-25(20)28)7-8-33(23)26-21-11-18(27)5-4-17(21)10-19(13-34)31-26/h3-6,9-11,13-15,23-24H,2,7-8,12H2,1H3,(H2,28,29,30)/t23-,24?/m0/s1. The van der Waals surface area contributed by atoms with Gasteiger partial charge in [0.25, 0.3) is 0 Å². The highest BCUT2D eigenvalue weighted by atomic mass is 35.5. The van der Waals surface area contributed by atoms with E-state index in [4.69, 9.17) is 17.3 Å². The van der Waals surface area contributed by atoms with Gasteiger partial charge in [-0.1, -0.05) is 30.7 Å². The number of carbonyl (C=O) groups excluding carboxylic acids is 2. The molecule has 1 saturated heterocycles. The van der Waals surface area contributed by atoms with Crippen LogP contribution in [0.25, 0.3) is 21.7 Å². The Hall–Kier alpha value is -3.62. The first-order chi connectivity index (χ1) is 17.0. The van der Waals surface area contributed by atoms with Crippen LogP contribution < -0.4 is 10.6 Å². The molecular weight excluding hydrogens is 464 g/mol. The molecule has 2 N–H and O–H groups in total. The van der Waals surface area contributed by atoms with E-state index in [9.17, 15) is 9.59 Å². The first kappa shape index (κ1) is 23.1. The molecule has 178 valence electrons. The molecular formula is C26H25ClN6O2. The van der Waals surface area contributed by atoms with E-state index in [1.165, 1.54) is 6.33 Å². The van der Waals surface area contributed by atoms with E-state index in [1.807, 2.05) is 30.3 Å². The number of nitrogens with two attached hydrogens (primary N) is 1. The smallest absolute Gasteiger partial charge is 0.168 e. The monoisotopic (exact) mass is 488 g/mol. The molecule has 0 radical (unpaired) electrons. The molecule has 1 fully saturated rings. The molecule has 35 heavy (non-hydrogen) atoms. The number of hydrogen-bond donors (Lipinski definition) is 1. The Kier molecular flexibility index (Phi) is 6.32. The number of anilines is 2. The second kappa shape index (κ2) is 9.56. The molecule has 1 unspecified atom stereocenters. The summed E-state index contributed by atoms with van der Waals surface area (Å²) in [5, 5.41) is 3.16. The van der Waals surface area contributed by atoms with Crippen molar-refractivity contribution < 1.29 is 9.59 Å². The summed E-state index contributed by atoms with van der Waals surface area (Å²) in [5.74, 6) is 1.13. The molecule has 0 saturated carbocycles. The number of fused-ring (bicyclic) bond motifs is 2. The Morgan fingerprint density at radius 3 is 2.71 bits per heavy atom. The number of aldehydes is 2. The van der Waals surface area contributed by atoms with Crippen molar-refractivity contribution in [2.75, 3.05) is 23.7 Å². The molecule has 2 aromatic carbocycles. The number of hydrogen-bond acceptors (Lipinski definition) is 8. The van der Waals surface area contributed by atoms with Gasteiger partial charge < -0.3 is 15.4 Å². The predicted molar refractivity (Wildman–Crippen MR) is 138 cm³/mol. The lowest BCUT2D eigenvalue weighted by Gasteiger charge is -2.46. The van der Waals surface area contributed by atoms with Crippen LogP contribution in [-0.4, -0.2) is 57.6 Å². The average Bonchev–Trinajstić information content (AvgIpc) is 2.87. The van der Waals surface area contributed by atoms with Crippen molar-refractivity contribution in [2.24, 2.45) is 0 Å². The zero-order chi connectivity index (χ0) is 24.5. The molecule has 1 aliphatic rings. The van der Waals surface area contributed by atoms with Crippen molar-refractivity contribution in [3.8, 4) is 0 Å². The fraction of sp³-hybridized carbons (Fsp3) is 0.269. The predicted octanol–water partition coefficient (Wildman–Crippen LogP) is 3.89. The summed E-state index contributed by atoms with van der Waals surface area (Å²) in [6, 6.07) is 12.8. The number of rotatable bonds is 6. The molecule has 1 aliphatic heterocycles. The van der Waals surface area contributed by atoms with Crippen molar-refractivity contribution in [2.45, 2.75) is 32.0 Å². The van der Waals surface area contributed by atoms with Gasteiger partial charge >= 0.3 is 0 Å². The van der Waals surface area contributed by atoms with E-state index in [1.54, 1.807) is 12.1 Å². The summed E-state index contributed by atoms with van der Waals surface area (Å²) < 4.78 is 0. The van der Waals surface area contributed by atoms with Crippen LogP contribution in [-0.2, 0) is 11.3 Å². The van der Waals surface area contributed by atoms with Crippen LogP contribution >= 0.6 is 11.6 Å². The van der Waals surface area contributed by atoms with Gasteiger partial charge in [-0.2, -0.15) is 0 Å². The topological polar surface area (TPSA) is 105 Å². The van der Waals surface area contributed by atoms with Crippen molar-refractivity contribution >= 4 is 57.5 Å². The SMILES string of the molecule is CC[C@H]1C(C=O)N(Cc2ccc3c(N)ncnc3c2)CCN1c1nc(C=O)cc2ccc(Cl)cc12. The van der Waals surface area contributed by atoms with Crippen LogP contribution in [0.2, 0.25) is 5.02 Å². The summed E-state index contributed by atoms with van der Waals surface area (Å²) in [5.41, 5.74) is 8.14. The van der Waals surface area contributed by atoms with Crippen LogP contribution in [0.3, 0.4) is 0 Å². The van der Waals surface area contributed by atoms with Crippen molar-refractivity contribution in [1.82, 2.24) is 19.9 Å². The first-order valence-electron chi connectivity index (χ1n) is 11.5. The summed E-state index contributed by atoms with van der Waals surface area (Å²) in [6.07, 6.45) is 3.96. The van der Waals surface area contributed by atoms with Crippen molar-refractivity contribution in [1.29, 1.82) is 0 Å². The maximum Gasteiger partial charge on any atom is 0.168 e. The van der Waals surface area contributed by atoms with E-state index >= 15 is 0 Å². The van der Waals surface area contributed by atoms with Crippen LogP contribution in [0, 0.1) is 0 Å². The van der Waals surface area contributed by atoms with Crippen LogP contribution in [0.5, 0.6) is 0 Å². The third kappa shape index (κ3) is 4.31. The summed E-state index contributed by atoms with van der Waals surface area (Å²) in [7, 11) is 0. The minimum atomic E-state index is -0.351. The number of piperazine rings is 1. The Morgan fingerprint density at radius 2 is 1.94 bits per heavy atom. The van der Waals surface area contributed by atoms with Gasteiger partial charge in [-0.15, -0.1) is 0 Å². The Morgan fingerprint density at radius 1 is 1.09 bits per heavy atom. The number of nitrogen functional groups attached to an aromatic ring is 1. The van der Waals surface area contributed by atoms with E-state index < -0.39 is 0 Å². The lowest BCUT2D eigenvalue weighted by atomic mass is 9.97. The Labute approximate surface area is 207 Å². The third-order valence-electron chi connectivity index (χ3n) is 6.71. The van der Waals surface area contributed by atoms with Gasteiger partial charge in [0.2, 0.25) is 0 Å². The molecule has 5 rings (SSSR count). The van der Waals surface area contributed by atoms with Crippen molar-refractivity contribution in [3.63, 3.8) is 0 Å². The Balaban J connectivity index is 1.48. The molecule has 2 aromatic heterocycles. The van der Waals surface area contributed by atoms with Crippen LogP contribution in [0.1, 0.15) is 29.4 Å². The van der Waals surface area contributed by atoms with Gasteiger partial charge in [0.05, 0.1) is 17.6 Å². The summed E-state index contributed by atoms with van der Waals surface area (Å²) in [4.78, 5) is 41.4. The van der Waals surface area contributed by atoms with Gasteiger partial charge in [-0.3, -0.25) is 9.69 Å². The van der Waals surface area contributed by atoms with Crippen LogP contribution in [0.15, 0.2) is 48.8 Å². The molecule has 8 nitrogen and oxygen atoms in total. The molecule has 3 heterocycles. The van der Waals surface area contributed by atoms with E-state index in [0.29, 0.717) is 42.0 Å². The average molecular weight is 489 g/mol. The number of nitrogens with zero attached hydrogens (tertiary/aromatic N) is 5. The molecule has 0 aliphatic carbocycles. The molecule has 9 heteroatoms. The largest absolute Gasteiger partial charge is 0.383 e. The molecule has 4 aromatic rings. The number of halogens is 1. The molecule has 0 spiro atoms. The normalized spacial score (nSPS) is 18.7. The second-order valence-electron chi connectivity index (χ2n) is 8.73. The van der Waals surface area contributed by atoms with Gasteiger partial charge in [0.1, 0.15) is 29.9 Å². The summed E-state index contributed by atoms with van der Waals surface area (Å²) in [6.45, 7) is 3.97. The maximum atomic E-state index is 12.4. The highest BCUT2D eigenvalue weighted by Gasteiger charge is 2.36. The lowest BCUT2D eigenvalue weighted by molar-refractivity contribution is -0.114. The minimum Gasteiger partial charge on any atom is -0.383 e. The van der Waals surface area contributed by atoms with Crippen molar-refractivity contribution in [3.05, 3.63) is 65.1 Å². The lowest BCUT2D eigenvalue weighted by Crippen LogP contribution is -2.60. The quantitative estimate of drug-likeness (QED) is 0.407. The van der Waals surface area contributed by atoms with Gasteiger partial charge in [0.15, 0.2) is 6.29 Å². The molecule has 0 amide bonds. The maximum absolute atomic E-state index is 12.4. The third-order valence-corrected chi connectivity index (χ3v) is 6.94. The van der Waals surface area contributed by atoms with E-state index in [-0.39, 0.29) is 12.1 Å². The molecule has 2 atom stereocenters. The van der Waals surface area contributed by atoms with Crippen LogP contribution in [0.4, 0.5) is 11.6 Å². The number of carbonyl (C=O) groups is 2. The number of aromatic nitrogens is 3. The fourth-order valence-corrected chi connectivity index (χ4v) is 5.19. The summed E-state index contributed by atoms with van der Waals surface area (Å²) >= 11 is 6.30. The van der Waals surface area contributed by atoms with E-state index in [0.717, 1.165) is 46.2 Å². The highest BCUT2D eigenvalue weighted by molar-refractivity contribution is 6.31. The Bertz CT molecular complexity index is 1430. The zero-order valence-corrected chi connectivity index (χ0v) is 20.0. The van der Waals surface area contributed by atoms with Gasteiger partial charge in [0, 0.05) is 35.4 Å². The molecule has 0 bridgehead atoms. The van der Waals surface area contributed by atoms with Gasteiger partial charge in [-0.05, 0) is 47.7 Å². The zero-order valence-electron chi connectivity index (χ0n) is 19.3. The first-order valence-corrected chi connectivity index (χ1v) is 11.9. The minimum absolute atomic E-state index is 0.115. The fourth-order valence-electron chi connectivity index (χ4n) is 5.02. The van der Waals surface area contributed by atoms with Gasteiger partial charge in [-0.25, -0.2) is 15.0 Å². The number of pyridine rings is 1. The highest BCUT2D eigenvalue weighted by Crippen LogP contribution is 2.33.